The molecule has 1 fully saturated rings. The molecule has 2 nitrogen and oxygen atoms in total. The van der Waals surface area contributed by atoms with Crippen LogP contribution in [0.1, 0.15) is 26.2 Å². The third-order valence-corrected chi connectivity index (χ3v) is 2.14. The first kappa shape index (κ1) is 7.03. The summed E-state index contributed by atoms with van der Waals surface area (Å²) in [5.41, 5.74) is 0. The molecule has 0 aromatic rings. The monoisotopic (exact) mass is 129 g/mol. The fourth-order valence-electron chi connectivity index (χ4n) is 1.16. The Balaban J connectivity index is 2.01. The standard InChI is InChI=1S/C7H15NO/c1-2-8(9)6-7-4-3-5-7/h7-8H,2-6H2,1H3. The van der Waals surface area contributed by atoms with Crippen molar-refractivity contribution in [3.8, 4) is 0 Å². The first-order valence-electron chi connectivity index (χ1n) is 3.84. The summed E-state index contributed by atoms with van der Waals surface area (Å²) in [6.45, 7) is 3.54. The van der Waals surface area contributed by atoms with Crippen molar-refractivity contribution in [1.82, 2.24) is 0 Å². The second-order valence-electron chi connectivity index (χ2n) is 2.89. The average molecular weight is 129 g/mol. The quantitative estimate of drug-likeness (QED) is 0.541. The maximum atomic E-state index is 10.8. The van der Waals surface area contributed by atoms with Crippen molar-refractivity contribution in [1.29, 1.82) is 0 Å². The van der Waals surface area contributed by atoms with Crippen molar-refractivity contribution in [2.45, 2.75) is 26.2 Å². The molecule has 9 heavy (non-hydrogen) atoms. The molecule has 0 radical (unpaired) electrons. The number of hydroxylamine groups is 2. The summed E-state index contributed by atoms with van der Waals surface area (Å²) >= 11 is 0. The molecule has 0 saturated heterocycles. The first-order valence-corrected chi connectivity index (χ1v) is 3.84. The van der Waals surface area contributed by atoms with Crippen LogP contribution in [0.15, 0.2) is 0 Å². The Morgan fingerprint density at radius 3 is 2.56 bits per heavy atom. The maximum absolute atomic E-state index is 10.8. The molecule has 1 N–H and O–H groups in total. The van der Waals surface area contributed by atoms with E-state index in [9.17, 15) is 5.21 Å². The van der Waals surface area contributed by atoms with Gasteiger partial charge in [0.15, 0.2) is 0 Å². The van der Waals surface area contributed by atoms with Gasteiger partial charge in [-0.15, -0.1) is 0 Å². The van der Waals surface area contributed by atoms with Crippen molar-refractivity contribution in [3.63, 3.8) is 0 Å². The number of rotatable bonds is 3. The molecule has 1 aliphatic rings. The lowest BCUT2D eigenvalue weighted by molar-refractivity contribution is -0.850. The highest BCUT2D eigenvalue weighted by molar-refractivity contribution is 4.67. The molecule has 1 saturated carbocycles. The normalized spacial score (nSPS) is 23.3. The second-order valence-corrected chi connectivity index (χ2v) is 2.89. The Morgan fingerprint density at radius 1 is 1.56 bits per heavy atom. The third kappa shape index (κ3) is 1.95. The minimum Gasteiger partial charge on any atom is -0.634 e. The van der Waals surface area contributed by atoms with Crippen LogP contribution >= 0.6 is 0 Å². The predicted molar refractivity (Wildman–Crippen MR) is 37.1 cm³/mol. The van der Waals surface area contributed by atoms with Gasteiger partial charge in [0.05, 0.1) is 13.1 Å². The smallest absolute Gasteiger partial charge is 0.0796 e. The van der Waals surface area contributed by atoms with E-state index in [0.717, 1.165) is 19.0 Å². The summed E-state index contributed by atoms with van der Waals surface area (Å²) in [4.78, 5) is 0. The molecular formula is C7H15NO. The summed E-state index contributed by atoms with van der Waals surface area (Å²) in [7, 11) is 0. The van der Waals surface area contributed by atoms with Crippen molar-refractivity contribution >= 4 is 0 Å². The molecule has 54 valence electrons. The summed E-state index contributed by atoms with van der Waals surface area (Å²) in [5, 5.41) is 11.3. The zero-order chi connectivity index (χ0) is 6.69. The van der Waals surface area contributed by atoms with E-state index in [1.165, 1.54) is 19.3 Å². The van der Waals surface area contributed by atoms with Gasteiger partial charge in [-0.2, -0.15) is 0 Å². The molecule has 0 aliphatic heterocycles. The van der Waals surface area contributed by atoms with Gasteiger partial charge < -0.3 is 10.3 Å². The minimum absolute atomic E-state index is 0.444. The van der Waals surface area contributed by atoms with Gasteiger partial charge in [-0.1, -0.05) is 6.42 Å². The Hall–Kier alpha value is -0.0800. The number of quaternary nitrogens is 1. The van der Waals surface area contributed by atoms with Crippen LogP contribution in [0.5, 0.6) is 0 Å². The molecule has 1 atom stereocenters. The third-order valence-electron chi connectivity index (χ3n) is 2.14. The van der Waals surface area contributed by atoms with E-state index >= 15 is 0 Å². The molecule has 0 heterocycles. The van der Waals surface area contributed by atoms with Gasteiger partial charge in [-0.25, -0.2) is 0 Å². The van der Waals surface area contributed by atoms with Crippen LogP contribution in [0.3, 0.4) is 0 Å². The Kier molecular flexibility index (Phi) is 2.49. The molecule has 2 heteroatoms. The van der Waals surface area contributed by atoms with Crippen molar-refractivity contribution in [3.05, 3.63) is 5.21 Å². The highest BCUT2D eigenvalue weighted by Gasteiger charge is 2.19. The SMILES string of the molecule is CC[NH+]([O-])CC1CCC1. The van der Waals surface area contributed by atoms with Crippen LogP contribution in [0.25, 0.3) is 0 Å². The predicted octanol–water partition coefficient (Wildman–Crippen LogP) is 0.189. The number of hydrogen-bond donors (Lipinski definition) is 1. The van der Waals surface area contributed by atoms with Gasteiger partial charge in [-0.05, 0) is 19.8 Å². The minimum atomic E-state index is 0.444. The highest BCUT2D eigenvalue weighted by Crippen LogP contribution is 2.24. The van der Waals surface area contributed by atoms with Gasteiger partial charge in [-0.3, -0.25) is 0 Å². The molecule has 0 spiro atoms. The number of nitrogens with one attached hydrogen (secondary N) is 1. The van der Waals surface area contributed by atoms with Crippen molar-refractivity contribution in [2.75, 3.05) is 13.1 Å². The average Bonchev–Trinajstić information content (AvgIpc) is 1.78. The van der Waals surface area contributed by atoms with E-state index in [1.54, 1.807) is 0 Å². The van der Waals surface area contributed by atoms with Crippen LogP contribution in [0.4, 0.5) is 0 Å². The lowest BCUT2D eigenvalue weighted by Gasteiger charge is -2.30. The lowest BCUT2D eigenvalue weighted by Crippen LogP contribution is -3.07. The topological polar surface area (TPSA) is 27.5 Å². The summed E-state index contributed by atoms with van der Waals surface area (Å²) in [6.07, 6.45) is 3.94. The van der Waals surface area contributed by atoms with Gasteiger partial charge >= 0.3 is 0 Å². The molecule has 1 aliphatic carbocycles. The van der Waals surface area contributed by atoms with Gasteiger partial charge in [0, 0.05) is 5.92 Å². The summed E-state index contributed by atoms with van der Waals surface area (Å²) in [6, 6.07) is 0. The fourth-order valence-corrected chi connectivity index (χ4v) is 1.16. The number of hydrogen-bond acceptors (Lipinski definition) is 1. The van der Waals surface area contributed by atoms with Crippen LogP contribution in [0, 0.1) is 11.1 Å². The Bertz CT molecular complexity index is 78.2. The molecule has 0 amide bonds. The van der Waals surface area contributed by atoms with E-state index in [1.807, 2.05) is 6.92 Å². The van der Waals surface area contributed by atoms with E-state index in [4.69, 9.17) is 0 Å². The van der Waals surface area contributed by atoms with Gasteiger partial charge in [0.2, 0.25) is 0 Å². The molecule has 1 rings (SSSR count). The molecule has 1 unspecified atom stereocenters. The van der Waals surface area contributed by atoms with Crippen LogP contribution in [-0.4, -0.2) is 13.1 Å². The van der Waals surface area contributed by atoms with Crippen molar-refractivity contribution < 1.29 is 5.06 Å². The van der Waals surface area contributed by atoms with E-state index in [2.05, 4.69) is 0 Å². The highest BCUT2D eigenvalue weighted by atomic mass is 16.5. The van der Waals surface area contributed by atoms with Crippen LogP contribution in [0.2, 0.25) is 0 Å². The molecule has 0 bridgehead atoms. The zero-order valence-corrected chi connectivity index (χ0v) is 6.02. The van der Waals surface area contributed by atoms with Crippen LogP contribution < -0.4 is 5.06 Å². The largest absolute Gasteiger partial charge is 0.634 e. The summed E-state index contributed by atoms with van der Waals surface area (Å²) in [5.74, 6) is 0.762. The lowest BCUT2D eigenvalue weighted by atomic mass is 9.85. The van der Waals surface area contributed by atoms with E-state index in [0.29, 0.717) is 5.06 Å². The van der Waals surface area contributed by atoms with E-state index in [-0.39, 0.29) is 0 Å². The van der Waals surface area contributed by atoms with Gasteiger partial charge in [0.25, 0.3) is 0 Å². The molecular weight excluding hydrogens is 114 g/mol. The maximum Gasteiger partial charge on any atom is 0.0796 e. The summed E-state index contributed by atoms with van der Waals surface area (Å²) < 4.78 is 0. The van der Waals surface area contributed by atoms with E-state index < -0.39 is 0 Å². The molecule has 0 aromatic carbocycles. The Labute approximate surface area is 56.4 Å². The van der Waals surface area contributed by atoms with Gasteiger partial charge in [0.1, 0.15) is 0 Å². The van der Waals surface area contributed by atoms with Crippen LogP contribution in [-0.2, 0) is 0 Å². The molecule has 0 aromatic heterocycles. The fraction of sp³-hybridized carbons (Fsp3) is 1.00. The Morgan fingerprint density at radius 2 is 2.22 bits per heavy atom. The second kappa shape index (κ2) is 3.18. The zero-order valence-electron chi connectivity index (χ0n) is 6.02. The van der Waals surface area contributed by atoms with Crippen molar-refractivity contribution in [2.24, 2.45) is 5.92 Å². The first-order chi connectivity index (χ1) is 4.33.